The van der Waals surface area contributed by atoms with Crippen LogP contribution in [0.1, 0.15) is 33.1 Å². The Balaban J connectivity index is 2.39. The van der Waals surface area contributed by atoms with E-state index in [2.05, 4.69) is 0 Å². The van der Waals surface area contributed by atoms with Gasteiger partial charge in [0, 0.05) is 19.0 Å². The van der Waals surface area contributed by atoms with Crippen molar-refractivity contribution in [1.82, 2.24) is 4.90 Å². The third-order valence-corrected chi connectivity index (χ3v) is 2.16. The van der Waals surface area contributed by atoms with Gasteiger partial charge in [0.05, 0.1) is 0 Å². The molecule has 0 bridgehead atoms. The van der Waals surface area contributed by atoms with Crippen molar-refractivity contribution in [1.29, 1.82) is 0 Å². The number of rotatable bonds is 1. The average molecular weight is 155 g/mol. The molecule has 0 atom stereocenters. The number of nitrogens with zero attached hydrogens (tertiary/aromatic N) is 1. The zero-order chi connectivity index (χ0) is 8.27. The molecule has 0 spiro atoms. The molecule has 1 rings (SSSR count). The van der Waals surface area contributed by atoms with Crippen molar-refractivity contribution in [2.24, 2.45) is 5.92 Å². The maximum atomic E-state index is 11.4. The molecular weight excluding hydrogens is 138 g/mol. The first kappa shape index (κ1) is 8.57. The van der Waals surface area contributed by atoms with Crippen LogP contribution in [0.4, 0.5) is 0 Å². The van der Waals surface area contributed by atoms with Crippen LogP contribution in [-0.4, -0.2) is 23.9 Å². The molecule has 64 valence electrons. The SMILES string of the molecule is CC(C)C(=O)N1CCCCC1. The molecule has 0 aromatic heterocycles. The molecule has 1 saturated heterocycles. The zero-order valence-electron chi connectivity index (χ0n) is 7.47. The van der Waals surface area contributed by atoms with E-state index in [0.29, 0.717) is 5.91 Å². The highest BCUT2D eigenvalue weighted by atomic mass is 16.2. The minimum atomic E-state index is 0.174. The molecule has 0 unspecified atom stereocenters. The number of carbonyl (C=O) groups is 1. The topological polar surface area (TPSA) is 20.3 Å². The Morgan fingerprint density at radius 2 is 1.73 bits per heavy atom. The molecule has 0 aliphatic carbocycles. The molecule has 2 nitrogen and oxygen atoms in total. The van der Waals surface area contributed by atoms with E-state index in [-0.39, 0.29) is 5.92 Å². The molecule has 0 aromatic rings. The van der Waals surface area contributed by atoms with E-state index in [4.69, 9.17) is 0 Å². The Labute approximate surface area is 68.6 Å². The first-order valence-electron chi connectivity index (χ1n) is 4.50. The summed E-state index contributed by atoms with van der Waals surface area (Å²) in [5.74, 6) is 0.498. The van der Waals surface area contributed by atoms with Crippen LogP contribution in [-0.2, 0) is 4.79 Å². The van der Waals surface area contributed by atoms with Crippen LogP contribution in [0, 0.1) is 5.92 Å². The predicted octanol–water partition coefficient (Wildman–Crippen LogP) is 1.65. The summed E-state index contributed by atoms with van der Waals surface area (Å²) in [6, 6.07) is 0. The lowest BCUT2D eigenvalue weighted by molar-refractivity contribution is -0.135. The third-order valence-electron chi connectivity index (χ3n) is 2.16. The number of piperidine rings is 1. The monoisotopic (exact) mass is 155 g/mol. The maximum absolute atomic E-state index is 11.4. The van der Waals surface area contributed by atoms with Gasteiger partial charge in [-0.15, -0.1) is 0 Å². The summed E-state index contributed by atoms with van der Waals surface area (Å²) >= 11 is 0. The predicted molar refractivity (Wildman–Crippen MR) is 45.3 cm³/mol. The summed E-state index contributed by atoms with van der Waals surface area (Å²) in [4.78, 5) is 13.4. The second kappa shape index (κ2) is 3.74. The van der Waals surface area contributed by atoms with Gasteiger partial charge in [0.2, 0.25) is 5.91 Å². The number of likely N-dealkylation sites (tertiary alicyclic amines) is 1. The Morgan fingerprint density at radius 3 is 2.18 bits per heavy atom. The van der Waals surface area contributed by atoms with Gasteiger partial charge in [-0.3, -0.25) is 4.79 Å². The summed E-state index contributed by atoms with van der Waals surface area (Å²) in [6.07, 6.45) is 3.68. The van der Waals surface area contributed by atoms with E-state index in [1.807, 2.05) is 18.7 Å². The molecule has 0 aromatic carbocycles. The zero-order valence-corrected chi connectivity index (χ0v) is 7.47. The van der Waals surface area contributed by atoms with Crippen LogP contribution in [0.15, 0.2) is 0 Å². The van der Waals surface area contributed by atoms with Crippen molar-refractivity contribution in [2.45, 2.75) is 33.1 Å². The van der Waals surface area contributed by atoms with E-state index in [1.165, 1.54) is 19.3 Å². The molecule has 0 radical (unpaired) electrons. The van der Waals surface area contributed by atoms with E-state index < -0.39 is 0 Å². The minimum Gasteiger partial charge on any atom is -0.342 e. The molecule has 11 heavy (non-hydrogen) atoms. The van der Waals surface area contributed by atoms with Crippen LogP contribution in [0.2, 0.25) is 0 Å². The Morgan fingerprint density at radius 1 is 1.18 bits per heavy atom. The van der Waals surface area contributed by atoms with Crippen molar-refractivity contribution in [2.75, 3.05) is 13.1 Å². The highest BCUT2D eigenvalue weighted by Gasteiger charge is 2.18. The highest BCUT2D eigenvalue weighted by molar-refractivity contribution is 5.78. The van der Waals surface area contributed by atoms with Crippen LogP contribution >= 0.6 is 0 Å². The molecule has 1 aliphatic heterocycles. The van der Waals surface area contributed by atoms with E-state index in [9.17, 15) is 4.79 Å². The largest absolute Gasteiger partial charge is 0.342 e. The molecule has 1 heterocycles. The quantitative estimate of drug-likeness (QED) is 0.564. The Kier molecular flexibility index (Phi) is 2.92. The fraction of sp³-hybridized carbons (Fsp3) is 0.889. The van der Waals surface area contributed by atoms with Gasteiger partial charge in [-0.1, -0.05) is 13.8 Å². The molecule has 0 N–H and O–H groups in total. The van der Waals surface area contributed by atoms with Crippen LogP contribution in [0.5, 0.6) is 0 Å². The van der Waals surface area contributed by atoms with E-state index in [1.54, 1.807) is 0 Å². The molecular formula is C9H17NO. The maximum Gasteiger partial charge on any atom is 0.225 e. The van der Waals surface area contributed by atoms with E-state index >= 15 is 0 Å². The second-order valence-electron chi connectivity index (χ2n) is 3.54. The van der Waals surface area contributed by atoms with E-state index in [0.717, 1.165) is 13.1 Å². The number of carbonyl (C=O) groups excluding carboxylic acids is 1. The smallest absolute Gasteiger partial charge is 0.225 e. The third kappa shape index (κ3) is 2.21. The Bertz CT molecular complexity index is 136. The van der Waals surface area contributed by atoms with Crippen LogP contribution < -0.4 is 0 Å². The highest BCUT2D eigenvalue weighted by Crippen LogP contribution is 2.11. The van der Waals surface area contributed by atoms with Crippen LogP contribution in [0.3, 0.4) is 0 Å². The van der Waals surface area contributed by atoms with Crippen molar-refractivity contribution < 1.29 is 4.79 Å². The van der Waals surface area contributed by atoms with Crippen LogP contribution in [0.25, 0.3) is 0 Å². The van der Waals surface area contributed by atoms with Gasteiger partial charge in [0.1, 0.15) is 0 Å². The fourth-order valence-electron chi connectivity index (χ4n) is 1.48. The summed E-state index contributed by atoms with van der Waals surface area (Å²) in [7, 11) is 0. The summed E-state index contributed by atoms with van der Waals surface area (Å²) in [5, 5.41) is 0. The van der Waals surface area contributed by atoms with Gasteiger partial charge < -0.3 is 4.90 Å². The number of amides is 1. The summed E-state index contributed by atoms with van der Waals surface area (Å²) in [5.41, 5.74) is 0. The lowest BCUT2D eigenvalue weighted by Crippen LogP contribution is -2.38. The Hall–Kier alpha value is -0.530. The minimum absolute atomic E-state index is 0.174. The number of hydrogen-bond donors (Lipinski definition) is 0. The first-order chi connectivity index (χ1) is 5.22. The lowest BCUT2D eigenvalue weighted by Gasteiger charge is -2.28. The van der Waals surface area contributed by atoms with Crippen molar-refractivity contribution in [3.05, 3.63) is 0 Å². The molecule has 0 saturated carbocycles. The fourth-order valence-corrected chi connectivity index (χ4v) is 1.48. The lowest BCUT2D eigenvalue weighted by atomic mass is 10.1. The van der Waals surface area contributed by atoms with Gasteiger partial charge in [-0.2, -0.15) is 0 Å². The average Bonchev–Trinajstić information content (AvgIpc) is 2.05. The summed E-state index contributed by atoms with van der Waals surface area (Å²) < 4.78 is 0. The molecule has 2 heteroatoms. The molecule has 1 aliphatic rings. The first-order valence-corrected chi connectivity index (χ1v) is 4.50. The molecule has 1 fully saturated rings. The standard InChI is InChI=1S/C9H17NO/c1-8(2)9(11)10-6-4-3-5-7-10/h8H,3-7H2,1-2H3. The number of hydrogen-bond acceptors (Lipinski definition) is 1. The van der Waals surface area contributed by atoms with Gasteiger partial charge in [0.25, 0.3) is 0 Å². The van der Waals surface area contributed by atoms with Crippen molar-refractivity contribution in [3.63, 3.8) is 0 Å². The van der Waals surface area contributed by atoms with Gasteiger partial charge in [0.15, 0.2) is 0 Å². The van der Waals surface area contributed by atoms with Gasteiger partial charge in [-0.05, 0) is 19.3 Å². The normalized spacial score (nSPS) is 19.0. The van der Waals surface area contributed by atoms with Gasteiger partial charge in [-0.25, -0.2) is 0 Å². The second-order valence-corrected chi connectivity index (χ2v) is 3.54. The van der Waals surface area contributed by atoms with Gasteiger partial charge >= 0.3 is 0 Å². The summed E-state index contributed by atoms with van der Waals surface area (Å²) in [6.45, 7) is 5.90. The molecule has 1 amide bonds. The van der Waals surface area contributed by atoms with Crippen molar-refractivity contribution >= 4 is 5.91 Å². The van der Waals surface area contributed by atoms with Crippen molar-refractivity contribution in [3.8, 4) is 0 Å².